The van der Waals surface area contributed by atoms with Crippen LogP contribution < -0.4 is 11.1 Å². The van der Waals surface area contributed by atoms with Crippen LogP contribution in [-0.4, -0.2) is 67.1 Å². The van der Waals surface area contributed by atoms with Crippen LogP contribution >= 0.6 is 0 Å². The molecule has 5 nitrogen and oxygen atoms in total. The third kappa shape index (κ3) is 2.32. The largest absolute Gasteiger partial charge is 0.368 e. The van der Waals surface area contributed by atoms with E-state index in [2.05, 4.69) is 29.1 Å². The summed E-state index contributed by atoms with van der Waals surface area (Å²) in [5.41, 5.74) is 5.31. The number of carbonyl (C=O) groups excluding carboxylic acids is 1. The fraction of sp³-hybridized carbons (Fsp3) is 0.917. The molecule has 2 aliphatic heterocycles. The molecule has 0 saturated carbocycles. The minimum absolute atomic E-state index is 0.139. The Balaban J connectivity index is 2.17. The maximum atomic E-state index is 12.0. The molecule has 2 aliphatic rings. The third-order valence-corrected chi connectivity index (χ3v) is 4.44. The van der Waals surface area contributed by atoms with Crippen LogP contribution in [0.4, 0.5) is 0 Å². The lowest BCUT2D eigenvalue weighted by atomic mass is 9.81. The number of likely N-dealkylation sites (tertiary alicyclic amines) is 1. The van der Waals surface area contributed by atoms with Crippen molar-refractivity contribution in [3.63, 3.8) is 0 Å². The highest BCUT2D eigenvalue weighted by molar-refractivity contribution is 5.85. The van der Waals surface area contributed by atoms with Gasteiger partial charge in [-0.3, -0.25) is 9.69 Å². The molecular weight excluding hydrogens is 216 g/mol. The Morgan fingerprint density at radius 2 is 2.00 bits per heavy atom. The number of nitrogens with one attached hydrogen (secondary N) is 1. The number of nitrogens with zero attached hydrogens (tertiary/aromatic N) is 2. The molecule has 0 radical (unpaired) electrons. The van der Waals surface area contributed by atoms with Gasteiger partial charge in [-0.15, -0.1) is 0 Å². The Hall–Kier alpha value is -0.650. The lowest BCUT2D eigenvalue weighted by Crippen LogP contribution is -2.66. The molecule has 0 spiro atoms. The predicted molar refractivity (Wildman–Crippen MR) is 67.7 cm³/mol. The van der Waals surface area contributed by atoms with E-state index < -0.39 is 5.54 Å². The van der Waals surface area contributed by atoms with E-state index in [4.69, 9.17) is 5.73 Å². The van der Waals surface area contributed by atoms with Crippen molar-refractivity contribution in [1.82, 2.24) is 15.1 Å². The number of amides is 1. The second-order valence-electron chi connectivity index (χ2n) is 5.42. The van der Waals surface area contributed by atoms with Gasteiger partial charge in [0.2, 0.25) is 5.91 Å². The van der Waals surface area contributed by atoms with Crippen molar-refractivity contribution in [1.29, 1.82) is 0 Å². The van der Waals surface area contributed by atoms with E-state index in [-0.39, 0.29) is 5.91 Å². The molecule has 0 bridgehead atoms. The smallest absolute Gasteiger partial charge is 0.238 e. The Bertz CT molecular complexity index is 290. The molecule has 2 saturated heterocycles. The van der Waals surface area contributed by atoms with Crippen molar-refractivity contribution in [3.05, 3.63) is 0 Å². The fourth-order valence-electron chi connectivity index (χ4n) is 3.09. The first-order valence-corrected chi connectivity index (χ1v) is 6.52. The van der Waals surface area contributed by atoms with Crippen molar-refractivity contribution in [3.8, 4) is 0 Å². The molecule has 2 atom stereocenters. The number of carbonyl (C=O) groups is 1. The zero-order valence-electron chi connectivity index (χ0n) is 10.9. The van der Waals surface area contributed by atoms with Crippen LogP contribution in [0, 0.1) is 0 Å². The van der Waals surface area contributed by atoms with Gasteiger partial charge in [0.15, 0.2) is 0 Å². The zero-order chi connectivity index (χ0) is 12.5. The quantitative estimate of drug-likeness (QED) is 0.665. The normalized spacial score (nSPS) is 36.9. The summed E-state index contributed by atoms with van der Waals surface area (Å²) < 4.78 is 0. The fourth-order valence-corrected chi connectivity index (χ4v) is 3.09. The Morgan fingerprint density at radius 1 is 1.35 bits per heavy atom. The molecular formula is C12H24N4O. The number of rotatable bonds is 2. The van der Waals surface area contributed by atoms with Gasteiger partial charge in [0.25, 0.3) is 0 Å². The van der Waals surface area contributed by atoms with Crippen molar-refractivity contribution in [2.24, 2.45) is 5.73 Å². The first-order valence-electron chi connectivity index (χ1n) is 6.52. The van der Waals surface area contributed by atoms with Crippen LogP contribution in [0.3, 0.4) is 0 Å². The van der Waals surface area contributed by atoms with Crippen LogP contribution in [-0.2, 0) is 4.79 Å². The number of hydrogen-bond donors (Lipinski definition) is 2. The number of primary amides is 1. The van der Waals surface area contributed by atoms with Gasteiger partial charge in [0.05, 0.1) is 0 Å². The summed E-state index contributed by atoms with van der Waals surface area (Å²) in [5.74, 6) is -0.139. The molecule has 1 amide bonds. The van der Waals surface area contributed by atoms with E-state index in [1.165, 1.54) is 0 Å². The standard InChI is InChI=1S/C12H24N4O/c1-10-9-12(11(13)17,3-6-15(10)2)16-7-4-14-5-8-16/h10,14H,3-9H2,1-2H3,(H2,13,17). The SMILES string of the molecule is CC1CC(C(N)=O)(N2CCNCC2)CCN1C. The van der Waals surface area contributed by atoms with Gasteiger partial charge in [-0.05, 0) is 26.8 Å². The molecule has 0 aromatic rings. The molecule has 0 aromatic heterocycles. The molecule has 0 aliphatic carbocycles. The van der Waals surface area contributed by atoms with Crippen LogP contribution in [0.15, 0.2) is 0 Å². The van der Waals surface area contributed by atoms with Crippen molar-refractivity contribution in [2.45, 2.75) is 31.3 Å². The summed E-state index contributed by atoms with van der Waals surface area (Å²) in [6.45, 7) is 6.91. The highest BCUT2D eigenvalue weighted by Crippen LogP contribution is 2.31. The molecule has 98 valence electrons. The predicted octanol–water partition coefficient (Wildman–Crippen LogP) is -0.770. The van der Waals surface area contributed by atoms with E-state index in [1.807, 2.05) is 0 Å². The summed E-state index contributed by atoms with van der Waals surface area (Å²) >= 11 is 0. The molecule has 2 rings (SSSR count). The van der Waals surface area contributed by atoms with Gasteiger partial charge in [0, 0.05) is 38.8 Å². The second-order valence-corrected chi connectivity index (χ2v) is 5.42. The van der Waals surface area contributed by atoms with Gasteiger partial charge < -0.3 is 16.0 Å². The summed E-state index contributed by atoms with van der Waals surface area (Å²) in [4.78, 5) is 16.6. The molecule has 2 fully saturated rings. The molecule has 2 heterocycles. The molecule has 3 N–H and O–H groups in total. The van der Waals surface area contributed by atoms with Gasteiger partial charge in [-0.1, -0.05) is 0 Å². The van der Waals surface area contributed by atoms with Crippen molar-refractivity contribution >= 4 is 5.91 Å². The van der Waals surface area contributed by atoms with Crippen LogP contribution in [0.5, 0.6) is 0 Å². The van der Waals surface area contributed by atoms with E-state index in [9.17, 15) is 4.79 Å². The summed E-state index contributed by atoms with van der Waals surface area (Å²) in [6.07, 6.45) is 1.72. The summed E-state index contributed by atoms with van der Waals surface area (Å²) in [5, 5.41) is 3.33. The van der Waals surface area contributed by atoms with E-state index in [0.29, 0.717) is 6.04 Å². The Morgan fingerprint density at radius 3 is 2.53 bits per heavy atom. The first-order chi connectivity index (χ1) is 8.06. The van der Waals surface area contributed by atoms with Crippen molar-refractivity contribution in [2.75, 3.05) is 39.8 Å². The zero-order valence-corrected chi connectivity index (χ0v) is 10.9. The maximum absolute atomic E-state index is 12.0. The molecule has 0 aromatic carbocycles. The van der Waals surface area contributed by atoms with Gasteiger partial charge >= 0.3 is 0 Å². The number of piperidine rings is 1. The minimum atomic E-state index is -0.409. The second kappa shape index (κ2) is 4.92. The van der Waals surface area contributed by atoms with E-state index in [1.54, 1.807) is 0 Å². The van der Waals surface area contributed by atoms with Crippen LogP contribution in [0.2, 0.25) is 0 Å². The number of piperazine rings is 1. The maximum Gasteiger partial charge on any atom is 0.238 e. The van der Waals surface area contributed by atoms with E-state index in [0.717, 1.165) is 45.6 Å². The van der Waals surface area contributed by atoms with E-state index >= 15 is 0 Å². The Kier molecular flexibility index (Phi) is 3.70. The minimum Gasteiger partial charge on any atom is -0.368 e. The third-order valence-electron chi connectivity index (χ3n) is 4.44. The highest BCUT2D eigenvalue weighted by Gasteiger charge is 2.46. The first kappa shape index (κ1) is 12.8. The van der Waals surface area contributed by atoms with Gasteiger partial charge in [0.1, 0.15) is 5.54 Å². The van der Waals surface area contributed by atoms with Crippen molar-refractivity contribution < 1.29 is 4.79 Å². The van der Waals surface area contributed by atoms with Crippen LogP contribution in [0.25, 0.3) is 0 Å². The average Bonchev–Trinajstić information content (AvgIpc) is 2.33. The number of nitrogens with two attached hydrogens (primary N) is 1. The van der Waals surface area contributed by atoms with Gasteiger partial charge in [-0.25, -0.2) is 0 Å². The highest BCUT2D eigenvalue weighted by atomic mass is 16.1. The lowest BCUT2D eigenvalue weighted by molar-refractivity contribution is -0.135. The topological polar surface area (TPSA) is 61.6 Å². The lowest BCUT2D eigenvalue weighted by Gasteiger charge is -2.49. The molecule has 2 unspecified atom stereocenters. The molecule has 5 heteroatoms. The Labute approximate surface area is 103 Å². The average molecular weight is 240 g/mol. The number of hydrogen-bond acceptors (Lipinski definition) is 4. The summed E-state index contributed by atoms with van der Waals surface area (Å²) in [6, 6.07) is 0.422. The molecule has 17 heavy (non-hydrogen) atoms. The summed E-state index contributed by atoms with van der Waals surface area (Å²) in [7, 11) is 2.12. The monoisotopic (exact) mass is 240 g/mol. The van der Waals surface area contributed by atoms with Crippen LogP contribution in [0.1, 0.15) is 19.8 Å². The van der Waals surface area contributed by atoms with Gasteiger partial charge in [-0.2, -0.15) is 0 Å².